The summed E-state index contributed by atoms with van der Waals surface area (Å²) in [6.45, 7) is 0. The zero-order valence-electron chi connectivity index (χ0n) is 3.33. The van der Waals surface area contributed by atoms with Crippen molar-refractivity contribution < 1.29 is 0 Å². The Balaban J connectivity index is 3.05. The molecule has 0 amide bonds. The van der Waals surface area contributed by atoms with Gasteiger partial charge in [0.15, 0.2) is 0 Å². The Hall–Kier alpha value is -0.790. The summed E-state index contributed by atoms with van der Waals surface area (Å²) in [5, 5.41) is 3.72. The predicted molar refractivity (Wildman–Crippen MR) is 23.0 cm³/mol. The Morgan fingerprint density at radius 2 is 2.50 bits per heavy atom. The second-order valence-corrected chi connectivity index (χ2v) is 1.05. The van der Waals surface area contributed by atoms with Crippen LogP contribution in [0.25, 0.3) is 0 Å². The average Bonchev–Trinajstić information content (AvgIpc) is 1.86. The zero-order chi connectivity index (χ0) is 4.41. The Morgan fingerprint density at radius 3 is 2.67 bits per heavy atom. The van der Waals surface area contributed by atoms with Gasteiger partial charge in [0, 0.05) is 12.4 Å². The molecule has 0 spiro atoms. The third-order valence-corrected chi connectivity index (χ3v) is 0.559. The summed E-state index contributed by atoms with van der Waals surface area (Å²) in [5.41, 5.74) is 0. The van der Waals surface area contributed by atoms with Crippen molar-refractivity contribution in [3.8, 4) is 0 Å². The molecule has 1 radical (unpaired) electrons. The lowest BCUT2D eigenvalue weighted by atomic mass is 10.8. The molecule has 0 N–H and O–H groups in total. The molecular formula is C4H5N2. The van der Waals surface area contributed by atoms with Crippen LogP contribution >= 0.6 is 0 Å². The van der Waals surface area contributed by atoms with Crippen molar-refractivity contribution in [3.63, 3.8) is 0 Å². The number of aromatic nitrogens is 2. The van der Waals surface area contributed by atoms with Crippen LogP contribution in [0.5, 0.6) is 0 Å². The van der Waals surface area contributed by atoms with Gasteiger partial charge in [-0.1, -0.05) is 0 Å². The van der Waals surface area contributed by atoms with Gasteiger partial charge in [0.05, 0.1) is 7.05 Å². The lowest BCUT2D eigenvalue weighted by Gasteiger charge is -1.76. The summed E-state index contributed by atoms with van der Waals surface area (Å²) in [4.78, 5) is 0. The van der Waals surface area contributed by atoms with Crippen molar-refractivity contribution in [2.24, 2.45) is 0 Å². The molecule has 0 saturated heterocycles. The van der Waals surface area contributed by atoms with Gasteiger partial charge in [-0.05, 0) is 6.07 Å². The molecule has 31 valence electrons. The van der Waals surface area contributed by atoms with E-state index >= 15 is 0 Å². The van der Waals surface area contributed by atoms with Crippen molar-refractivity contribution in [3.05, 3.63) is 25.5 Å². The van der Waals surface area contributed by atoms with Crippen LogP contribution in [-0.2, 0) is 0 Å². The molecule has 1 heterocycles. The van der Waals surface area contributed by atoms with Gasteiger partial charge in [-0.2, -0.15) is 5.10 Å². The van der Waals surface area contributed by atoms with Crippen molar-refractivity contribution >= 4 is 0 Å². The molecule has 0 atom stereocenters. The van der Waals surface area contributed by atoms with Crippen LogP contribution in [0.15, 0.2) is 18.5 Å². The Morgan fingerprint density at radius 1 is 1.67 bits per heavy atom. The van der Waals surface area contributed by atoms with E-state index in [0.29, 0.717) is 0 Å². The molecule has 1 aromatic rings. The molecule has 1 aromatic heterocycles. The van der Waals surface area contributed by atoms with Gasteiger partial charge < -0.3 is 0 Å². The SMILES string of the molecule is [CH2]n1cccn1. The summed E-state index contributed by atoms with van der Waals surface area (Å²) >= 11 is 0. The van der Waals surface area contributed by atoms with E-state index in [4.69, 9.17) is 0 Å². The first-order valence-electron chi connectivity index (χ1n) is 1.70. The van der Waals surface area contributed by atoms with Gasteiger partial charge in [-0.25, -0.2) is 0 Å². The number of hydrogen-bond donors (Lipinski definition) is 0. The molecule has 0 saturated carbocycles. The van der Waals surface area contributed by atoms with E-state index in [1.54, 1.807) is 12.4 Å². The molecule has 2 nitrogen and oxygen atoms in total. The molecule has 2 heteroatoms. The third kappa shape index (κ3) is 0.407. The Kier molecular flexibility index (Phi) is 0.638. The van der Waals surface area contributed by atoms with Gasteiger partial charge >= 0.3 is 0 Å². The Bertz CT molecular complexity index is 109. The molecule has 1 rings (SSSR count). The van der Waals surface area contributed by atoms with E-state index < -0.39 is 0 Å². The van der Waals surface area contributed by atoms with E-state index in [1.165, 1.54) is 4.68 Å². The minimum absolute atomic E-state index is 1.50. The smallest absolute Gasteiger partial charge is 0.0605 e. The largest absolute Gasteiger partial charge is 0.271 e. The monoisotopic (exact) mass is 81.0 g/mol. The normalized spacial score (nSPS) is 8.83. The maximum Gasteiger partial charge on any atom is 0.0605 e. The third-order valence-electron chi connectivity index (χ3n) is 0.559. The van der Waals surface area contributed by atoms with E-state index in [9.17, 15) is 0 Å². The highest BCUT2D eigenvalue weighted by Crippen LogP contribution is 1.74. The summed E-state index contributed by atoms with van der Waals surface area (Å²) in [5.74, 6) is 0. The number of nitrogens with zero attached hydrogens (tertiary/aromatic N) is 2. The molecular weight excluding hydrogens is 76.1 g/mol. The standard InChI is InChI=1S/C4H5N2/c1-6-4-2-3-5-6/h2-4H,1H2. The first kappa shape index (κ1) is 3.40. The lowest BCUT2D eigenvalue weighted by molar-refractivity contribution is 0.877. The van der Waals surface area contributed by atoms with Gasteiger partial charge in [-0.3, -0.25) is 4.68 Å². The number of rotatable bonds is 0. The summed E-state index contributed by atoms with van der Waals surface area (Å²) < 4.78 is 1.50. The van der Waals surface area contributed by atoms with Crippen LogP contribution in [0.2, 0.25) is 0 Å². The Labute approximate surface area is 36.4 Å². The van der Waals surface area contributed by atoms with E-state index in [0.717, 1.165) is 0 Å². The molecule has 0 aliphatic rings. The minimum Gasteiger partial charge on any atom is -0.271 e. The molecule has 0 aromatic carbocycles. The molecule has 0 fully saturated rings. The van der Waals surface area contributed by atoms with Gasteiger partial charge in [0.1, 0.15) is 0 Å². The molecule has 0 unspecified atom stereocenters. The van der Waals surface area contributed by atoms with E-state index in [2.05, 4.69) is 12.1 Å². The second kappa shape index (κ2) is 1.12. The van der Waals surface area contributed by atoms with Gasteiger partial charge in [-0.15, -0.1) is 0 Å². The lowest BCUT2D eigenvalue weighted by Crippen LogP contribution is -1.79. The summed E-state index contributed by atoms with van der Waals surface area (Å²) in [6, 6.07) is 1.83. The zero-order valence-corrected chi connectivity index (χ0v) is 3.33. The number of hydrogen-bond acceptors (Lipinski definition) is 1. The molecule has 6 heavy (non-hydrogen) atoms. The van der Waals surface area contributed by atoms with Crippen molar-refractivity contribution in [2.45, 2.75) is 0 Å². The molecule has 0 aliphatic carbocycles. The topological polar surface area (TPSA) is 17.8 Å². The van der Waals surface area contributed by atoms with Crippen molar-refractivity contribution in [1.82, 2.24) is 9.78 Å². The average molecular weight is 81.1 g/mol. The van der Waals surface area contributed by atoms with Crippen LogP contribution in [0.3, 0.4) is 0 Å². The van der Waals surface area contributed by atoms with Crippen LogP contribution in [0, 0.1) is 7.05 Å². The maximum absolute atomic E-state index is 3.72. The van der Waals surface area contributed by atoms with Gasteiger partial charge in [0.25, 0.3) is 0 Å². The summed E-state index contributed by atoms with van der Waals surface area (Å²) in [7, 11) is 3.49. The van der Waals surface area contributed by atoms with E-state index in [1.807, 2.05) is 6.07 Å². The van der Waals surface area contributed by atoms with Crippen molar-refractivity contribution in [2.75, 3.05) is 0 Å². The quantitative estimate of drug-likeness (QED) is 0.445. The highest BCUT2D eigenvalue weighted by atomic mass is 15.2. The second-order valence-electron chi connectivity index (χ2n) is 1.05. The fourth-order valence-electron chi connectivity index (χ4n) is 0.300. The van der Waals surface area contributed by atoms with Crippen LogP contribution in [-0.4, -0.2) is 9.78 Å². The molecule has 0 aliphatic heterocycles. The van der Waals surface area contributed by atoms with E-state index in [-0.39, 0.29) is 0 Å². The van der Waals surface area contributed by atoms with Crippen LogP contribution < -0.4 is 0 Å². The van der Waals surface area contributed by atoms with Gasteiger partial charge in [0.2, 0.25) is 0 Å². The fraction of sp³-hybridized carbons (Fsp3) is 0. The maximum atomic E-state index is 3.72. The first-order chi connectivity index (χ1) is 2.89. The predicted octanol–water partition coefficient (Wildman–Crippen LogP) is 0.523. The fourth-order valence-corrected chi connectivity index (χ4v) is 0.300. The summed E-state index contributed by atoms with van der Waals surface area (Å²) in [6.07, 6.45) is 3.47. The highest BCUT2D eigenvalue weighted by molar-refractivity contribution is 4.77. The first-order valence-corrected chi connectivity index (χ1v) is 1.70. The van der Waals surface area contributed by atoms with Crippen molar-refractivity contribution in [1.29, 1.82) is 0 Å². The molecule has 0 bridgehead atoms. The minimum atomic E-state index is 1.50. The van der Waals surface area contributed by atoms with Crippen LogP contribution in [0.1, 0.15) is 0 Å². The highest BCUT2D eigenvalue weighted by Gasteiger charge is 1.69. The van der Waals surface area contributed by atoms with Crippen LogP contribution in [0.4, 0.5) is 0 Å².